The number of rotatable bonds is 5. The van der Waals surface area contributed by atoms with Gasteiger partial charge in [-0.15, -0.1) is 0 Å². The Labute approximate surface area is 115 Å². The first-order valence-electron chi connectivity index (χ1n) is 6.19. The summed E-state index contributed by atoms with van der Waals surface area (Å²) in [5.74, 6) is -2.01. The summed E-state index contributed by atoms with van der Waals surface area (Å²) in [6.45, 7) is 0.328. The van der Waals surface area contributed by atoms with E-state index in [1.807, 2.05) is 0 Å². The number of alkyl halides is 3. The molecule has 0 aromatic heterocycles. The summed E-state index contributed by atoms with van der Waals surface area (Å²) in [5, 5.41) is 9.09. The van der Waals surface area contributed by atoms with Crippen LogP contribution in [0.5, 0.6) is 0 Å². The minimum Gasteiger partial charge on any atom is -0.332 e. The van der Waals surface area contributed by atoms with E-state index < -0.39 is 24.5 Å². The molecular formula is C14H15F3N2O. The Kier molecular flexibility index (Phi) is 5.56. The Morgan fingerprint density at radius 1 is 1.35 bits per heavy atom. The Morgan fingerprint density at radius 2 is 1.95 bits per heavy atom. The van der Waals surface area contributed by atoms with E-state index in [0.717, 1.165) is 0 Å². The molecule has 0 aliphatic rings. The molecule has 3 nitrogen and oxygen atoms in total. The molecule has 0 bridgehead atoms. The number of halogens is 3. The zero-order valence-corrected chi connectivity index (χ0v) is 11.0. The van der Waals surface area contributed by atoms with Crippen LogP contribution in [0, 0.1) is 11.3 Å². The molecule has 0 N–H and O–H groups in total. The summed E-state index contributed by atoms with van der Waals surface area (Å²) < 4.78 is 37.4. The third kappa shape index (κ3) is 4.57. The van der Waals surface area contributed by atoms with Crippen LogP contribution in [0.2, 0.25) is 0 Å². The molecule has 1 rings (SSSR count). The molecule has 0 spiro atoms. The van der Waals surface area contributed by atoms with Gasteiger partial charge in [-0.1, -0.05) is 37.3 Å². The highest BCUT2D eigenvalue weighted by molar-refractivity contribution is 5.86. The first kappa shape index (κ1) is 16.0. The maximum Gasteiger partial charge on any atom is 0.406 e. The van der Waals surface area contributed by atoms with Gasteiger partial charge in [0.25, 0.3) is 0 Å². The van der Waals surface area contributed by atoms with Gasteiger partial charge in [0, 0.05) is 6.54 Å². The first-order valence-corrected chi connectivity index (χ1v) is 6.19. The van der Waals surface area contributed by atoms with Crippen molar-refractivity contribution >= 4 is 5.91 Å². The third-order valence-electron chi connectivity index (χ3n) is 2.68. The Balaban J connectivity index is 2.95. The fourth-order valence-corrected chi connectivity index (χ4v) is 1.85. The Bertz CT molecular complexity index is 479. The van der Waals surface area contributed by atoms with Crippen molar-refractivity contribution in [2.24, 2.45) is 0 Å². The second-order valence-corrected chi connectivity index (χ2v) is 4.35. The number of benzene rings is 1. The van der Waals surface area contributed by atoms with E-state index in [2.05, 4.69) is 0 Å². The Morgan fingerprint density at radius 3 is 2.40 bits per heavy atom. The predicted octanol–water partition coefficient (Wildman–Crippen LogP) is 3.09. The lowest BCUT2D eigenvalue weighted by Gasteiger charge is -2.25. The number of hydrogen-bond acceptors (Lipinski definition) is 2. The highest BCUT2D eigenvalue weighted by Gasteiger charge is 2.35. The largest absolute Gasteiger partial charge is 0.406 e. The molecule has 6 heteroatoms. The third-order valence-corrected chi connectivity index (χ3v) is 2.68. The first-order chi connectivity index (χ1) is 9.39. The molecule has 1 unspecified atom stereocenters. The smallest absolute Gasteiger partial charge is 0.332 e. The monoisotopic (exact) mass is 284 g/mol. The lowest BCUT2D eigenvalue weighted by Crippen LogP contribution is -2.41. The molecule has 0 radical (unpaired) electrons. The average molecular weight is 284 g/mol. The van der Waals surface area contributed by atoms with E-state index in [4.69, 9.17) is 5.26 Å². The SMILES string of the molecule is CCCN(CC(F)(F)F)C(=O)C(C#N)c1ccccc1. The molecule has 1 aromatic carbocycles. The molecule has 0 aliphatic carbocycles. The second-order valence-electron chi connectivity index (χ2n) is 4.35. The van der Waals surface area contributed by atoms with Gasteiger partial charge in [-0.25, -0.2) is 0 Å². The molecule has 1 atom stereocenters. The summed E-state index contributed by atoms with van der Waals surface area (Å²) in [7, 11) is 0. The molecular weight excluding hydrogens is 269 g/mol. The minimum atomic E-state index is -4.47. The van der Waals surface area contributed by atoms with Crippen molar-refractivity contribution in [3.63, 3.8) is 0 Å². The van der Waals surface area contributed by atoms with Gasteiger partial charge in [-0.2, -0.15) is 18.4 Å². The number of carbonyl (C=O) groups is 1. The van der Waals surface area contributed by atoms with Gasteiger partial charge in [0.15, 0.2) is 0 Å². The molecule has 0 saturated heterocycles. The topological polar surface area (TPSA) is 44.1 Å². The summed E-state index contributed by atoms with van der Waals surface area (Å²) in [5.41, 5.74) is 0.406. The van der Waals surface area contributed by atoms with Crippen molar-refractivity contribution in [1.29, 1.82) is 5.26 Å². The van der Waals surface area contributed by atoms with Crippen molar-refractivity contribution in [3.05, 3.63) is 35.9 Å². The van der Waals surface area contributed by atoms with Crippen LogP contribution in [0.15, 0.2) is 30.3 Å². The molecule has 0 saturated carbocycles. The normalized spacial score (nSPS) is 12.6. The summed E-state index contributed by atoms with van der Waals surface area (Å²) in [6.07, 6.45) is -4.07. The maximum atomic E-state index is 12.5. The number of carbonyl (C=O) groups excluding carboxylic acids is 1. The van der Waals surface area contributed by atoms with Crippen LogP contribution in [0.4, 0.5) is 13.2 Å². The zero-order valence-electron chi connectivity index (χ0n) is 11.0. The van der Waals surface area contributed by atoms with Crippen molar-refractivity contribution in [2.75, 3.05) is 13.1 Å². The van der Waals surface area contributed by atoms with Crippen LogP contribution in [-0.2, 0) is 4.79 Å². The van der Waals surface area contributed by atoms with Crippen LogP contribution in [0.3, 0.4) is 0 Å². The van der Waals surface area contributed by atoms with E-state index in [0.29, 0.717) is 16.9 Å². The lowest BCUT2D eigenvalue weighted by atomic mass is 9.99. The molecule has 1 aromatic rings. The lowest BCUT2D eigenvalue weighted by molar-refractivity contribution is -0.161. The van der Waals surface area contributed by atoms with E-state index >= 15 is 0 Å². The van der Waals surface area contributed by atoms with Gasteiger partial charge in [-0.3, -0.25) is 4.79 Å². The molecule has 108 valence electrons. The van der Waals surface area contributed by atoms with Crippen LogP contribution in [0.25, 0.3) is 0 Å². The summed E-state index contributed by atoms with van der Waals surface area (Å²) in [6, 6.07) is 9.89. The van der Waals surface area contributed by atoms with Gasteiger partial charge in [0.1, 0.15) is 12.5 Å². The fourth-order valence-electron chi connectivity index (χ4n) is 1.85. The number of hydrogen-bond donors (Lipinski definition) is 0. The minimum absolute atomic E-state index is 0.0244. The van der Waals surface area contributed by atoms with Gasteiger partial charge >= 0.3 is 6.18 Å². The predicted molar refractivity (Wildman–Crippen MR) is 67.7 cm³/mol. The van der Waals surface area contributed by atoms with Crippen LogP contribution >= 0.6 is 0 Å². The number of nitriles is 1. The van der Waals surface area contributed by atoms with Gasteiger partial charge in [0.2, 0.25) is 5.91 Å². The Hall–Kier alpha value is -2.03. The van der Waals surface area contributed by atoms with Crippen molar-refractivity contribution in [1.82, 2.24) is 4.90 Å². The van der Waals surface area contributed by atoms with E-state index in [9.17, 15) is 18.0 Å². The van der Waals surface area contributed by atoms with Crippen LogP contribution in [0.1, 0.15) is 24.8 Å². The number of nitrogens with zero attached hydrogens (tertiary/aromatic N) is 2. The molecule has 1 amide bonds. The quantitative estimate of drug-likeness (QED) is 0.834. The van der Waals surface area contributed by atoms with E-state index in [1.54, 1.807) is 43.3 Å². The van der Waals surface area contributed by atoms with Crippen molar-refractivity contribution in [3.8, 4) is 6.07 Å². The fraction of sp³-hybridized carbons (Fsp3) is 0.429. The molecule has 20 heavy (non-hydrogen) atoms. The average Bonchev–Trinajstić information content (AvgIpc) is 2.39. The highest BCUT2D eigenvalue weighted by atomic mass is 19.4. The van der Waals surface area contributed by atoms with Gasteiger partial charge in [0.05, 0.1) is 6.07 Å². The standard InChI is InChI=1S/C14H15F3N2O/c1-2-8-19(10-14(15,16)17)13(20)12(9-18)11-6-4-3-5-7-11/h3-7,12H,2,8,10H2,1H3. The molecule has 0 fully saturated rings. The van der Waals surface area contributed by atoms with Gasteiger partial charge < -0.3 is 4.90 Å². The van der Waals surface area contributed by atoms with E-state index in [1.165, 1.54) is 0 Å². The van der Waals surface area contributed by atoms with E-state index in [-0.39, 0.29) is 6.54 Å². The molecule has 0 aliphatic heterocycles. The van der Waals surface area contributed by atoms with Gasteiger partial charge in [-0.05, 0) is 12.0 Å². The molecule has 0 heterocycles. The maximum absolute atomic E-state index is 12.5. The summed E-state index contributed by atoms with van der Waals surface area (Å²) in [4.78, 5) is 12.8. The van der Waals surface area contributed by atoms with Crippen molar-refractivity contribution < 1.29 is 18.0 Å². The van der Waals surface area contributed by atoms with Crippen LogP contribution in [-0.4, -0.2) is 30.1 Å². The second kappa shape index (κ2) is 6.94. The summed E-state index contributed by atoms with van der Waals surface area (Å²) >= 11 is 0. The van der Waals surface area contributed by atoms with Crippen LogP contribution < -0.4 is 0 Å². The highest BCUT2D eigenvalue weighted by Crippen LogP contribution is 2.22. The number of amides is 1. The zero-order chi connectivity index (χ0) is 15.2. The van der Waals surface area contributed by atoms with Crippen molar-refractivity contribution in [2.45, 2.75) is 25.4 Å².